The first kappa shape index (κ1) is 14.1. The molecule has 110 valence electrons. The predicted molar refractivity (Wildman–Crippen MR) is 87.0 cm³/mol. The fourth-order valence-electron chi connectivity index (χ4n) is 3.95. The van der Waals surface area contributed by atoms with Crippen molar-refractivity contribution in [1.29, 1.82) is 0 Å². The SMILES string of the molecule is CC1=C(C)C2(C)C(C)=C(C)C2(C)N(c2ccccc2)N=N1. The summed E-state index contributed by atoms with van der Waals surface area (Å²) >= 11 is 0. The molecule has 21 heavy (non-hydrogen) atoms. The normalized spacial score (nSPS) is 32.0. The van der Waals surface area contributed by atoms with E-state index in [1.165, 1.54) is 16.7 Å². The van der Waals surface area contributed by atoms with Crippen molar-refractivity contribution in [2.75, 3.05) is 5.01 Å². The third-order valence-corrected chi connectivity index (χ3v) is 6.02. The Hall–Kier alpha value is -1.90. The van der Waals surface area contributed by atoms with E-state index in [4.69, 9.17) is 0 Å². The molecule has 3 heteroatoms. The Morgan fingerprint density at radius 1 is 0.857 bits per heavy atom. The summed E-state index contributed by atoms with van der Waals surface area (Å²) in [4.78, 5) is 0. The van der Waals surface area contributed by atoms with E-state index in [2.05, 4.69) is 69.0 Å². The number of hydrogen-bond acceptors (Lipinski definition) is 3. The Labute approximate surface area is 127 Å². The lowest BCUT2D eigenvalue weighted by molar-refractivity contribution is 0.220. The highest BCUT2D eigenvalue weighted by molar-refractivity contribution is 5.63. The van der Waals surface area contributed by atoms with E-state index in [0.29, 0.717) is 0 Å². The summed E-state index contributed by atoms with van der Waals surface area (Å²) in [5.41, 5.74) is 6.06. The smallest absolute Gasteiger partial charge is 0.0960 e. The molecule has 1 aliphatic heterocycles. The topological polar surface area (TPSA) is 28.0 Å². The standard InChI is InChI=1S/C18H23N3/c1-12-13(2)18(6)17(12,5)14(3)15(4)19-20-21(18)16-10-8-7-9-11-16/h7-11H,1-6H3. The molecular formula is C18H23N3. The highest BCUT2D eigenvalue weighted by Crippen LogP contribution is 2.62. The molecule has 0 fully saturated rings. The number of hydrogen-bond donors (Lipinski definition) is 0. The van der Waals surface area contributed by atoms with Gasteiger partial charge in [-0.2, -0.15) is 0 Å². The molecule has 0 saturated carbocycles. The molecule has 2 atom stereocenters. The number of rotatable bonds is 1. The van der Waals surface area contributed by atoms with Gasteiger partial charge in [0, 0.05) is 5.41 Å². The predicted octanol–water partition coefficient (Wildman–Crippen LogP) is 5.28. The van der Waals surface area contributed by atoms with E-state index in [0.717, 1.165) is 11.4 Å². The fraction of sp³-hybridized carbons (Fsp3) is 0.444. The summed E-state index contributed by atoms with van der Waals surface area (Å²) in [5, 5.41) is 11.1. The van der Waals surface area contributed by atoms with Gasteiger partial charge < -0.3 is 0 Å². The Morgan fingerprint density at radius 2 is 1.48 bits per heavy atom. The maximum absolute atomic E-state index is 4.58. The molecule has 0 N–H and O–H groups in total. The van der Waals surface area contributed by atoms with Crippen LogP contribution in [0.4, 0.5) is 5.69 Å². The molecule has 0 bridgehead atoms. The first-order valence-corrected chi connectivity index (χ1v) is 7.48. The van der Waals surface area contributed by atoms with Gasteiger partial charge in [-0.1, -0.05) is 29.0 Å². The first-order valence-electron chi connectivity index (χ1n) is 7.48. The minimum Gasteiger partial charge on any atom is -0.236 e. The van der Waals surface area contributed by atoms with Gasteiger partial charge in [-0.15, -0.1) is 5.11 Å². The molecule has 0 aromatic heterocycles. The van der Waals surface area contributed by atoms with Gasteiger partial charge in [0.15, 0.2) is 0 Å². The zero-order valence-electron chi connectivity index (χ0n) is 13.7. The van der Waals surface area contributed by atoms with Crippen molar-refractivity contribution in [1.82, 2.24) is 0 Å². The van der Waals surface area contributed by atoms with Gasteiger partial charge in [0.1, 0.15) is 0 Å². The lowest BCUT2D eigenvalue weighted by Gasteiger charge is -2.60. The molecule has 2 unspecified atom stereocenters. The Morgan fingerprint density at radius 3 is 2.10 bits per heavy atom. The van der Waals surface area contributed by atoms with Crippen molar-refractivity contribution < 1.29 is 0 Å². The van der Waals surface area contributed by atoms with E-state index in [9.17, 15) is 0 Å². The quantitative estimate of drug-likeness (QED) is 0.643. The second-order valence-corrected chi connectivity index (χ2v) is 6.49. The molecule has 0 radical (unpaired) electrons. The first-order chi connectivity index (χ1) is 9.85. The van der Waals surface area contributed by atoms with Gasteiger partial charge in [0.2, 0.25) is 0 Å². The highest BCUT2D eigenvalue weighted by atomic mass is 15.6. The van der Waals surface area contributed by atoms with Gasteiger partial charge in [-0.3, -0.25) is 0 Å². The largest absolute Gasteiger partial charge is 0.236 e. The zero-order chi connectivity index (χ0) is 15.4. The molecule has 3 nitrogen and oxygen atoms in total. The lowest BCUT2D eigenvalue weighted by atomic mass is 9.50. The number of anilines is 1. The van der Waals surface area contributed by atoms with Crippen LogP contribution in [0.5, 0.6) is 0 Å². The molecule has 3 rings (SSSR count). The fourth-order valence-corrected chi connectivity index (χ4v) is 3.95. The van der Waals surface area contributed by atoms with Gasteiger partial charge in [0.25, 0.3) is 0 Å². The summed E-state index contributed by atoms with van der Waals surface area (Å²) in [6, 6.07) is 10.3. The van der Waals surface area contributed by atoms with Gasteiger partial charge in [-0.05, 0) is 64.8 Å². The maximum Gasteiger partial charge on any atom is 0.0960 e. The van der Waals surface area contributed by atoms with Gasteiger partial charge in [-0.25, -0.2) is 5.01 Å². The molecular weight excluding hydrogens is 258 g/mol. The van der Waals surface area contributed by atoms with E-state index in [1.807, 2.05) is 18.2 Å². The Kier molecular flexibility index (Phi) is 2.88. The van der Waals surface area contributed by atoms with Crippen molar-refractivity contribution >= 4 is 5.69 Å². The van der Waals surface area contributed by atoms with Crippen LogP contribution < -0.4 is 5.01 Å². The number of para-hydroxylation sites is 1. The minimum atomic E-state index is -0.163. The van der Waals surface area contributed by atoms with Crippen molar-refractivity contribution in [2.24, 2.45) is 15.8 Å². The molecule has 0 saturated heterocycles. The van der Waals surface area contributed by atoms with Crippen LogP contribution in [-0.4, -0.2) is 5.54 Å². The molecule has 1 aromatic rings. The zero-order valence-corrected chi connectivity index (χ0v) is 13.7. The van der Waals surface area contributed by atoms with Gasteiger partial charge >= 0.3 is 0 Å². The van der Waals surface area contributed by atoms with E-state index >= 15 is 0 Å². The van der Waals surface area contributed by atoms with Crippen molar-refractivity contribution in [3.63, 3.8) is 0 Å². The van der Waals surface area contributed by atoms with Crippen LogP contribution in [0.3, 0.4) is 0 Å². The average molecular weight is 281 g/mol. The van der Waals surface area contributed by atoms with E-state index in [1.54, 1.807) is 0 Å². The second-order valence-electron chi connectivity index (χ2n) is 6.49. The van der Waals surface area contributed by atoms with Crippen molar-refractivity contribution in [3.05, 3.63) is 52.7 Å². The minimum absolute atomic E-state index is 0.0273. The molecule has 1 aromatic carbocycles. The van der Waals surface area contributed by atoms with Crippen LogP contribution >= 0.6 is 0 Å². The molecule has 0 spiro atoms. The number of benzene rings is 1. The second kappa shape index (κ2) is 4.30. The average Bonchev–Trinajstić information content (AvgIpc) is 2.58. The monoisotopic (exact) mass is 281 g/mol. The third-order valence-electron chi connectivity index (χ3n) is 6.02. The van der Waals surface area contributed by atoms with E-state index in [-0.39, 0.29) is 11.0 Å². The summed E-state index contributed by atoms with van der Waals surface area (Å²) in [6.07, 6.45) is 0. The summed E-state index contributed by atoms with van der Waals surface area (Å²) in [5.74, 6) is 0. The van der Waals surface area contributed by atoms with Crippen LogP contribution in [-0.2, 0) is 0 Å². The third kappa shape index (κ3) is 1.49. The van der Waals surface area contributed by atoms with Crippen LogP contribution in [0, 0.1) is 5.41 Å². The molecule has 1 aliphatic carbocycles. The van der Waals surface area contributed by atoms with Crippen LogP contribution in [0.15, 0.2) is 63.1 Å². The Balaban J connectivity index is 2.25. The van der Waals surface area contributed by atoms with Crippen LogP contribution in [0.25, 0.3) is 0 Å². The van der Waals surface area contributed by atoms with Crippen LogP contribution in [0.2, 0.25) is 0 Å². The van der Waals surface area contributed by atoms with Crippen molar-refractivity contribution in [3.8, 4) is 0 Å². The highest BCUT2D eigenvalue weighted by Gasteiger charge is 2.61. The lowest BCUT2D eigenvalue weighted by Crippen LogP contribution is -2.63. The maximum atomic E-state index is 4.58. The number of nitrogens with zero attached hydrogens (tertiary/aromatic N) is 3. The summed E-state index contributed by atoms with van der Waals surface area (Å²) in [6.45, 7) is 13.3. The number of allylic oxidation sites excluding steroid dienone is 1. The summed E-state index contributed by atoms with van der Waals surface area (Å²) in [7, 11) is 0. The van der Waals surface area contributed by atoms with E-state index < -0.39 is 0 Å². The molecule has 1 heterocycles. The van der Waals surface area contributed by atoms with Crippen molar-refractivity contribution in [2.45, 2.75) is 47.1 Å². The van der Waals surface area contributed by atoms with Crippen LogP contribution in [0.1, 0.15) is 41.5 Å². The molecule has 0 amide bonds. The van der Waals surface area contributed by atoms with Gasteiger partial charge in [0.05, 0.1) is 16.9 Å². The summed E-state index contributed by atoms with van der Waals surface area (Å²) < 4.78 is 0. The Bertz CT molecular complexity index is 684. The molecule has 2 aliphatic rings. The number of fused-ring (bicyclic) bond motifs is 1.